The lowest BCUT2D eigenvalue weighted by Crippen LogP contribution is -2.12. The van der Waals surface area contributed by atoms with Crippen molar-refractivity contribution in [2.24, 2.45) is 5.92 Å². The van der Waals surface area contributed by atoms with Crippen molar-refractivity contribution in [1.29, 1.82) is 0 Å². The summed E-state index contributed by atoms with van der Waals surface area (Å²) >= 11 is 0. The lowest BCUT2D eigenvalue weighted by molar-refractivity contribution is 0.347. The standard InChI is InChI=1S/C18H28.C2H6/c1-12(2)18-11-17(10-14(4)15(18)5)16-8-6-13(3)7-9-16;1-2/h10-13,16H,6-9H2,1-5H3;1-2H3. The van der Waals surface area contributed by atoms with E-state index >= 15 is 0 Å². The quantitative estimate of drug-likeness (QED) is 0.559. The molecule has 1 fully saturated rings. The molecule has 0 heteroatoms. The summed E-state index contributed by atoms with van der Waals surface area (Å²) in [5.74, 6) is 2.40. The summed E-state index contributed by atoms with van der Waals surface area (Å²) in [6.07, 6.45) is 5.60. The summed E-state index contributed by atoms with van der Waals surface area (Å²) < 4.78 is 0. The van der Waals surface area contributed by atoms with Crippen LogP contribution < -0.4 is 0 Å². The molecule has 0 atom stereocenters. The molecule has 0 N–H and O–H groups in total. The maximum absolute atomic E-state index is 2.49. The van der Waals surface area contributed by atoms with Crippen LogP contribution in [0.25, 0.3) is 0 Å². The lowest BCUT2D eigenvalue weighted by Gasteiger charge is -2.28. The molecule has 0 aromatic heterocycles. The first-order valence-electron chi connectivity index (χ1n) is 8.60. The van der Waals surface area contributed by atoms with Gasteiger partial charge in [0.25, 0.3) is 0 Å². The van der Waals surface area contributed by atoms with Crippen molar-refractivity contribution in [2.45, 2.75) is 86.0 Å². The first-order valence-corrected chi connectivity index (χ1v) is 8.60. The normalized spacial score (nSPS) is 22.4. The molecule has 114 valence electrons. The van der Waals surface area contributed by atoms with Crippen molar-refractivity contribution in [3.05, 3.63) is 34.4 Å². The van der Waals surface area contributed by atoms with E-state index in [0.717, 1.165) is 11.8 Å². The van der Waals surface area contributed by atoms with Gasteiger partial charge in [0.1, 0.15) is 0 Å². The Kier molecular flexibility index (Phi) is 6.79. The molecule has 2 rings (SSSR count). The number of hydrogen-bond acceptors (Lipinski definition) is 0. The topological polar surface area (TPSA) is 0 Å². The van der Waals surface area contributed by atoms with Crippen LogP contribution in [0.1, 0.15) is 94.4 Å². The number of hydrogen-bond donors (Lipinski definition) is 0. The van der Waals surface area contributed by atoms with Gasteiger partial charge in [0.15, 0.2) is 0 Å². The molecule has 20 heavy (non-hydrogen) atoms. The van der Waals surface area contributed by atoms with Gasteiger partial charge in [-0.15, -0.1) is 0 Å². The Morgan fingerprint density at radius 2 is 1.50 bits per heavy atom. The summed E-state index contributed by atoms with van der Waals surface area (Å²) in [6.45, 7) is 15.6. The van der Waals surface area contributed by atoms with E-state index in [2.05, 4.69) is 46.8 Å². The Hall–Kier alpha value is -0.780. The highest BCUT2D eigenvalue weighted by Crippen LogP contribution is 2.37. The molecule has 1 saturated carbocycles. The van der Waals surface area contributed by atoms with Gasteiger partial charge in [-0.25, -0.2) is 0 Å². The minimum atomic E-state index is 0.645. The van der Waals surface area contributed by atoms with Crippen molar-refractivity contribution in [3.8, 4) is 0 Å². The number of aryl methyl sites for hydroxylation is 1. The minimum Gasteiger partial charge on any atom is -0.0683 e. The Morgan fingerprint density at radius 3 is 2.00 bits per heavy atom. The van der Waals surface area contributed by atoms with E-state index in [1.54, 1.807) is 11.1 Å². The van der Waals surface area contributed by atoms with Crippen molar-refractivity contribution >= 4 is 0 Å². The third-order valence-corrected chi connectivity index (χ3v) is 4.84. The van der Waals surface area contributed by atoms with E-state index in [9.17, 15) is 0 Å². The van der Waals surface area contributed by atoms with Crippen LogP contribution in [0, 0.1) is 19.8 Å². The van der Waals surface area contributed by atoms with Gasteiger partial charge in [-0.05, 0) is 66.7 Å². The Labute approximate surface area is 127 Å². The predicted octanol–water partition coefficient (Wildman–Crippen LogP) is 6.75. The molecule has 0 radical (unpaired) electrons. The maximum Gasteiger partial charge on any atom is -0.0162 e. The van der Waals surface area contributed by atoms with Gasteiger partial charge >= 0.3 is 0 Å². The molecule has 0 amide bonds. The van der Waals surface area contributed by atoms with E-state index in [1.165, 1.54) is 36.8 Å². The van der Waals surface area contributed by atoms with Crippen LogP contribution in [-0.2, 0) is 0 Å². The second kappa shape index (κ2) is 7.86. The summed E-state index contributed by atoms with van der Waals surface area (Å²) in [7, 11) is 0. The third kappa shape index (κ3) is 4.11. The van der Waals surface area contributed by atoms with Crippen LogP contribution in [0.2, 0.25) is 0 Å². The van der Waals surface area contributed by atoms with Crippen molar-refractivity contribution < 1.29 is 0 Å². The predicted molar refractivity (Wildman–Crippen MR) is 91.7 cm³/mol. The Morgan fingerprint density at radius 1 is 0.950 bits per heavy atom. The monoisotopic (exact) mass is 274 g/mol. The fourth-order valence-corrected chi connectivity index (χ4v) is 3.34. The summed E-state index contributed by atoms with van der Waals surface area (Å²) in [4.78, 5) is 0. The van der Waals surface area contributed by atoms with E-state index in [-0.39, 0.29) is 0 Å². The van der Waals surface area contributed by atoms with E-state index in [4.69, 9.17) is 0 Å². The molecular formula is C20H34. The minimum absolute atomic E-state index is 0.645. The highest BCUT2D eigenvalue weighted by Gasteiger charge is 2.21. The largest absolute Gasteiger partial charge is 0.0683 e. The fraction of sp³-hybridized carbons (Fsp3) is 0.700. The second-order valence-electron chi connectivity index (χ2n) is 6.66. The molecular weight excluding hydrogens is 240 g/mol. The molecule has 1 aromatic rings. The molecule has 0 unspecified atom stereocenters. The van der Waals surface area contributed by atoms with Crippen LogP contribution in [0.3, 0.4) is 0 Å². The molecule has 0 heterocycles. The summed E-state index contributed by atoms with van der Waals surface area (Å²) in [5, 5.41) is 0. The van der Waals surface area contributed by atoms with Crippen molar-refractivity contribution in [1.82, 2.24) is 0 Å². The van der Waals surface area contributed by atoms with Gasteiger partial charge in [-0.3, -0.25) is 0 Å². The lowest BCUT2D eigenvalue weighted by atomic mass is 9.78. The molecule has 0 spiro atoms. The molecule has 0 bridgehead atoms. The van der Waals surface area contributed by atoms with Gasteiger partial charge in [0, 0.05) is 0 Å². The molecule has 1 aliphatic carbocycles. The summed E-state index contributed by atoms with van der Waals surface area (Å²) in [5.41, 5.74) is 6.14. The number of benzene rings is 1. The van der Waals surface area contributed by atoms with Gasteiger partial charge in [-0.2, -0.15) is 0 Å². The van der Waals surface area contributed by atoms with Gasteiger partial charge in [0.05, 0.1) is 0 Å². The first kappa shape index (κ1) is 17.3. The molecule has 1 aliphatic rings. The zero-order valence-electron chi connectivity index (χ0n) is 14.7. The molecule has 0 aliphatic heterocycles. The van der Waals surface area contributed by atoms with E-state index in [1.807, 2.05) is 13.8 Å². The molecule has 1 aromatic carbocycles. The third-order valence-electron chi connectivity index (χ3n) is 4.84. The SMILES string of the molecule is CC.Cc1cc(C2CCC(C)CC2)cc(C(C)C)c1C. The maximum atomic E-state index is 2.49. The molecule has 0 saturated heterocycles. The van der Waals surface area contributed by atoms with Crippen LogP contribution in [0.4, 0.5) is 0 Å². The highest BCUT2D eigenvalue weighted by atomic mass is 14.3. The average molecular weight is 274 g/mol. The van der Waals surface area contributed by atoms with Crippen molar-refractivity contribution in [3.63, 3.8) is 0 Å². The average Bonchev–Trinajstić information content (AvgIpc) is 2.44. The second-order valence-corrected chi connectivity index (χ2v) is 6.66. The summed E-state index contributed by atoms with van der Waals surface area (Å²) in [6, 6.07) is 4.94. The van der Waals surface area contributed by atoms with Crippen LogP contribution in [-0.4, -0.2) is 0 Å². The zero-order valence-corrected chi connectivity index (χ0v) is 14.7. The highest BCUT2D eigenvalue weighted by molar-refractivity contribution is 5.40. The van der Waals surface area contributed by atoms with E-state index in [0.29, 0.717) is 5.92 Å². The van der Waals surface area contributed by atoms with Crippen LogP contribution >= 0.6 is 0 Å². The Bertz CT molecular complexity index is 406. The Balaban J connectivity index is 0.000000956. The smallest absolute Gasteiger partial charge is 0.0162 e. The fourth-order valence-electron chi connectivity index (χ4n) is 3.34. The van der Waals surface area contributed by atoms with Crippen LogP contribution in [0.15, 0.2) is 12.1 Å². The van der Waals surface area contributed by atoms with Crippen molar-refractivity contribution in [2.75, 3.05) is 0 Å². The first-order chi connectivity index (χ1) is 9.49. The van der Waals surface area contributed by atoms with E-state index < -0.39 is 0 Å². The number of rotatable bonds is 2. The van der Waals surface area contributed by atoms with Gasteiger partial charge in [0.2, 0.25) is 0 Å². The van der Waals surface area contributed by atoms with Gasteiger partial charge in [-0.1, -0.05) is 59.6 Å². The zero-order chi connectivity index (χ0) is 15.3. The molecule has 0 nitrogen and oxygen atoms in total. The van der Waals surface area contributed by atoms with Crippen LogP contribution in [0.5, 0.6) is 0 Å². The van der Waals surface area contributed by atoms with Gasteiger partial charge < -0.3 is 0 Å².